The molecule has 3 aliphatic rings. The minimum atomic E-state index is -4.63. The molecule has 4 N–H and O–H groups in total. The van der Waals surface area contributed by atoms with Crippen molar-refractivity contribution < 1.29 is 55.7 Å². The predicted molar refractivity (Wildman–Crippen MR) is 214 cm³/mol. The third-order valence-corrected chi connectivity index (χ3v) is 12.0. The van der Waals surface area contributed by atoms with Gasteiger partial charge in [-0.3, -0.25) is 9.59 Å². The quantitative estimate of drug-likeness (QED) is 0.120. The number of likely N-dealkylation sites (tertiary alicyclic amines) is 2. The van der Waals surface area contributed by atoms with E-state index in [2.05, 4.69) is 40.0 Å². The Kier molecular flexibility index (Phi) is 12.4. The number of hydrogen-bond acceptors (Lipinski definition) is 10. The summed E-state index contributed by atoms with van der Waals surface area (Å²) >= 11 is 0. The summed E-state index contributed by atoms with van der Waals surface area (Å²) in [5.41, 5.74) is -0.951. The molecule has 4 amide bonds. The molecule has 4 aromatic rings. The molecule has 0 spiro atoms. The fraction of sp³-hybridized carbons (Fsp3) is 0.476. The zero-order valence-corrected chi connectivity index (χ0v) is 34.9. The third kappa shape index (κ3) is 7.84. The van der Waals surface area contributed by atoms with Gasteiger partial charge in [0.2, 0.25) is 11.8 Å². The van der Waals surface area contributed by atoms with Crippen molar-refractivity contribution in [3.8, 4) is 33.6 Å². The summed E-state index contributed by atoms with van der Waals surface area (Å²) < 4.78 is 84.7. The van der Waals surface area contributed by atoms with Crippen LogP contribution in [0.3, 0.4) is 0 Å². The van der Waals surface area contributed by atoms with E-state index < -0.39 is 83.3 Å². The number of hydrogen-bond donors (Lipinski definition) is 4. The normalized spacial score (nSPS) is 20.7. The minimum Gasteiger partial charge on any atom is -0.453 e. The van der Waals surface area contributed by atoms with E-state index in [1.54, 1.807) is 23.6 Å². The van der Waals surface area contributed by atoms with Crippen molar-refractivity contribution in [1.82, 2.24) is 40.4 Å². The van der Waals surface area contributed by atoms with Crippen molar-refractivity contribution in [2.45, 2.75) is 87.8 Å². The Balaban J connectivity index is 1.14. The molecule has 0 bridgehead atoms. The summed E-state index contributed by atoms with van der Waals surface area (Å²) in [6, 6.07) is 4.65. The number of alkyl carbamates (subject to hydrolysis) is 2. The zero-order chi connectivity index (χ0) is 44.7. The van der Waals surface area contributed by atoms with Gasteiger partial charge in [-0.15, -0.1) is 0 Å². The number of H-pyrrole nitrogens is 2. The van der Waals surface area contributed by atoms with Crippen LogP contribution in [0, 0.1) is 0 Å². The van der Waals surface area contributed by atoms with Crippen LogP contribution in [0.1, 0.15) is 74.4 Å². The Bertz CT molecular complexity index is 2180. The van der Waals surface area contributed by atoms with E-state index in [-0.39, 0.29) is 33.6 Å². The first kappa shape index (κ1) is 44.0. The molecule has 0 unspecified atom stereocenters. The van der Waals surface area contributed by atoms with Crippen LogP contribution >= 0.6 is 0 Å². The molecule has 7 rings (SSSR count). The summed E-state index contributed by atoms with van der Waals surface area (Å²) in [5.74, 6) is -9.40. The SMILES string of the molecule is COC(=O)N[C@H](C(=O)N1CCC[C@H]1c1ncc(-c2ccc3c(c2)C(F)(F)C(F)(F)c2cc(-c4cnc([C@@H]5CCCN5C(=O)[C@@H](NC(=O)OC)[C@@H](C)OC)[nH]4)ccc2-3)[nH]1)[C@@H](C)OC. The second-order valence-electron chi connectivity index (χ2n) is 15.5. The number of nitrogens with one attached hydrogen (secondary N) is 4. The van der Waals surface area contributed by atoms with E-state index in [4.69, 9.17) is 9.47 Å². The molecule has 20 heteroatoms. The number of imidazole rings is 2. The van der Waals surface area contributed by atoms with Gasteiger partial charge in [0.25, 0.3) is 0 Å². The number of rotatable bonds is 12. The number of ether oxygens (including phenoxy) is 4. The van der Waals surface area contributed by atoms with E-state index in [9.17, 15) is 19.2 Å². The van der Waals surface area contributed by atoms with Crippen molar-refractivity contribution in [2.24, 2.45) is 0 Å². The summed E-state index contributed by atoms with van der Waals surface area (Å²) in [4.78, 5) is 69.6. The maximum Gasteiger partial charge on any atom is 0.407 e. The Labute approximate surface area is 354 Å². The predicted octanol–water partition coefficient (Wildman–Crippen LogP) is 6.18. The molecular weight excluding hydrogens is 821 g/mol. The van der Waals surface area contributed by atoms with E-state index in [1.165, 1.54) is 65.1 Å². The lowest BCUT2D eigenvalue weighted by molar-refractivity contribution is -0.225. The molecule has 2 saturated heterocycles. The van der Waals surface area contributed by atoms with Gasteiger partial charge in [0, 0.05) is 49.6 Å². The third-order valence-electron chi connectivity index (χ3n) is 12.0. The van der Waals surface area contributed by atoms with Crippen LogP contribution in [0.4, 0.5) is 27.2 Å². The smallest absolute Gasteiger partial charge is 0.407 e. The van der Waals surface area contributed by atoms with Gasteiger partial charge in [0.1, 0.15) is 23.7 Å². The highest BCUT2D eigenvalue weighted by Crippen LogP contribution is 2.58. The van der Waals surface area contributed by atoms with Gasteiger partial charge < -0.3 is 49.3 Å². The molecule has 4 heterocycles. The molecule has 16 nitrogen and oxygen atoms in total. The van der Waals surface area contributed by atoms with Gasteiger partial charge in [-0.1, -0.05) is 24.3 Å². The van der Waals surface area contributed by atoms with Crippen LogP contribution in [0.25, 0.3) is 33.6 Å². The monoisotopic (exact) mass is 868 g/mol. The zero-order valence-electron chi connectivity index (χ0n) is 34.9. The van der Waals surface area contributed by atoms with Crippen LogP contribution in [-0.2, 0) is 40.4 Å². The largest absolute Gasteiger partial charge is 0.453 e. The number of fused-ring (bicyclic) bond motifs is 3. The number of methoxy groups -OCH3 is 4. The van der Waals surface area contributed by atoms with Gasteiger partial charge in [-0.2, -0.15) is 17.6 Å². The van der Waals surface area contributed by atoms with Crippen LogP contribution in [0.5, 0.6) is 0 Å². The average Bonchev–Trinajstić information content (AvgIpc) is 4.12. The summed E-state index contributed by atoms with van der Waals surface area (Å²) in [5, 5.41) is 5.03. The van der Waals surface area contributed by atoms with E-state index in [0.29, 0.717) is 50.4 Å². The lowest BCUT2D eigenvalue weighted by Crippen LogP contribution is -2.54. The highest BCUT2D eigenvalue weighted by molar-refractivity contribution is 5.88. The van der Waals surface area contributed by atoms with E-state index >= 15 is 17.6 Å². The Morgan fingerprint density at radius 1 is 0.677 bits per heavy atom. The summed E-state index contributed by atoms with van der Waals surface area (Å²) in [6.07, 6.45) is 2.05. The standard InChI is InChI=1S/C42H48F4N8O8/c1-21(59-3)33(51-39(57)61-5)37(55)53-15-7-9-31(53)35-47-19-29(49-35)23-11-13-25-26-14-12-24(18-28(26)42(45,46)41(43,44)27(25)17-23)30-20-48-36(50-30)32-10-8-16-54(32)38(56)34(22(2)60-4)52-40(58)62-6/h11-14,17-22,31-34H,7-10,15-16H2,1-6H3,(H,47,49)(H,48,50)(H,51,57)(H,52,58)/t21-,22-,31+,32+,33+,34+/m1/s1. The second kappa shape index (κ2) is 17.4. The number of nitrogens with zero attached hydrogens (tertiary/aromatic N) is 4. The van der Waals surface area contributed by atoms with Crippen molar-refractivity contribution in [1.29, 1.82) is 0 Å². The molecule has 2 aliphatic heterocycles. The van der Waals surface area contributed by atoms with Gasteiger partial charge >= 0.3 is 24.0 Å². The molecule has 0 saturated carbocycles. The first-order valence-electron chi connectivity index (χ1n) is 20.1. The molecule has 332 valence electrons. The van der Waals surface area contributed by atoms with Crippen LogP contribution in [0.15, 0.2) is 48.8 Å². The van der Waals surface area contributed by atoms with Crippen molar-refractivity contribution in [3.63, 3.8) is 0 Å². The highest BCUT2D eigenvalue weighted by atomic mass is 19.3. The van der Waals surface area contributed by atoms with Crippen molar-refractivity contribution in [3.05, 3.63) is 71.6 Å². The number of alkyl halides is 4. The summed E-state index contributed by atoms with van der Waals surface area (Å²) in [6.45, 7) is 3.96. The van der Waals surface area contributed by atoms with Crippen LogP contribution in [-0.4, -0.2) is 120 Å². The Hall–Kier alpha value is -6.02. The first-order valence-corrected chi connectivity index (χ1v) is 20.1. The number of amides is 4. The van der Waals surface area contributed by atoms with Crippen molar-refractivity contribution >= 4 is 24.0 Å². The number of benzene rings is 2. The number of aromatic amines is 2. The molecular formula is C42H48F4N8O8. The van der Waals surface area contributed by atoms with E-state index in [0.717, 1.165) is 12.1 Å². The molecule has 0 radical (unpaired) electrons. The van der Waals surface area contributed by atoms with Gasteiger partial charge in [-0.05, 0) is 62.8 Å². The second-order valence-corrected chi connectivity index (χ2v) is 15.5. The first-order chi connectivity index (χ1) is 29.6. The average molecular weight is 869 g/mol. The number of carbonyl (C=O) groups excluding carboxylic acids is 4. The van der Waals surface area contributed by atoms with Gasteiger partial charge in [-0.25, -0.2) is 19.6 Å². The lowest BCUT2D eigenvalue weighted by Gasteiger charge is -2.35. The topological polar surface area (TPSA) is 193 Å². The molecule has 2 fully saturated rings. The maximum absolute atomic E-state index is 16.2. The molecule has 2 aromatic carbocycles. The highest BCUT2D eigenvalue weighted by Gasteiger charge is 2.63. The molecule has 2 aromatic heterocycles. The maximum atomic E-state index is 16.2. The van der Waals surface area contributed by atoms with Crippen LogP contribution < -0.4 is 10.6 Å². The van der Waals surface area contributed by atoms with Crippen LogP contribution in [0.2, 0.25) is 0 Å². The fourth-order valence-electron chi connectivity index (χ4n) is 8.45. The number of aromatic nitrogens is 4. The number of carbonyl (C=O) groups is 4. The Morgan fingerprint density at radius 2 is 1.06 bits per heavy atom. The molecule has 62 heavy (non-hydrogen) atoms. The van der Waals surface area contributed by atoms with Crippen molar-refractivity contribution in [2.75, 3.05) is 41.5 Å². The minimum absolute atomic E-state index is 0.0687. The fourth-order valence-corrected chi connectivity index (χ4v) is 8.45. The lowest BCUT2D eigenvalue weighted by atomic mass is 9.79. The molecule has 6 atom stereocenters. The molecule has 1 aliphatic carbocycles. The van der Waals surface area contributed by atoms with Gasteiger partial charge in [0.15, 0.2) is 0 Å². The van der Waals surface area contributed by atoms with E-state index in [1.807, 2.05) is 0 Å². The Morgan fingerprint density at radius 3 is 1.42 bits per heavy atom. The number of halogens is 4. The van der Waals surface area contributed by atoms with Gasteiger partial charge in [0.05, 0.1) is 62.3 Å². The summed E-state index contributed by atoms with van der Waals surface area (Å²) in [7, 11) is 5.16.